The minimum atomic E-state index is 0.265. The minimum absolute atomic E-state index is 0.265. The largest absolute Gasteiger partial charge is 0.363 e. The van der Waals surface area contributed by atoms with Crippen LogP contribution in [-0.4, -0.2) is 22.8 Å². The summed E-state index contributed by atoms with van der Waals surface area (Å²) < 4.78 is 7.05. The topological polar surface area (TPSA) is 52.8 Å². The van der Waals surface area contributed by atoms with E-state index in [4.69, 9.17) is 17.0 Å². The number of ether oxygens (including phenoxy) is 1. The van der Waals surface area contributed by atoms with E-state index < -0.39 is 0 Å². The second kappa shape index (κ2) is 10.3. The number of rotatable bonds is 10. The molecule has 3 N–H and O–H groups in total. The van der Waals surface area contributed by atoms with E-state index >= 15 is 0 Å². The van der Waals surface area contributed by atoms with Crippen molar-refractivity contribution in [2.45, 2.75) is 87.2 Å². The third-order valence-electron chi connectivity index (χ3n) is 5.56. The number of anilines is 1. The number of imidazole rings is 1. The van der Waals surface area contributed by atoms with Crippen LogP contribution in [0.3, 0.4) is 0 Å². The first-order valence-corrected chi connectivity index (χ1v) is 11.8. The molecule has 0 saturated heterocycles. The second-order valence-electron chi connectivity index (χ2n) is 11.6. The number of hydrogen-bond acceptors (Lipinski definition) is 3. The molecule has 4 nitrogen and oxygen atoms in total. The highest BCUT2D eigenvalue weighted by Crippen LogP contribution is 2.32. The molecule has 3 unspecified atom stereocenters. The lowest BCUT2D eigenvalue weighted by atomic mass is 9.80. The van der Waals surface area contributed by atoms with Gasteiger partial charge in [0.2, 0.25) is 0 Å². The summed E-state index contributed by atoms with van der Waals surface area (Å²) in [5.74, 6) is 1.24. The smallest absolute Gasteiger partial charge is 0.175 e. The van der Waals surface area contributed by atoms with Crippen LogP contribution in [0.25, 0.3) is 11.0 Å². The van der Waals surface area contributed by atoms with E-state index in [-0.39, 0.29) is 6.10 Å². The zero-order valence-electron chi connectivity index (χ0n) is 20.3. The first-order valence-electron chi connectivity index (χ1n) is 11.4. The van der Waals surface area contributed by atoms with Crippen molar-refractivity contribution in [3.05, 3.63) is 23.0 Å². The maximum Gasteiger partial charge on any atom is 0.175 e. The lowest BCUT2D eigenvalue weighted by Gasteiger charge is -2.31. The third-order valence-corrected chi connectivity index (χ3v) is 5.77. The van der Waals surface area contributed by atoms with Crippen molar-refractivity contribution in [2.75, 3.05) is 12.0 Å². The molecule has 0 bridgehead atoms. The van der Waals surface area contributed by atoms with Gasteiger partial charge in [-0.05, 0) is 78.8 Å². The van der Waals surface area contributed by atoms with Crippen molar-refractivity contribution in [1.29, 1.82) is 0 Å². The van der Waals surface area contributed by atoms with Gasteiger partial charge >= 0.3 is 0 Å². The zero-order chi connectivity index (χ0) is 22.5. The Bertz CT molecular complexity index is 840. The highest BCUT2D eigenvalue weighted by atomic mass is 32.1. The van der Waals surface area contributed by atoms with E-state index in [0.29, 0.717) is 34.2 Å². The molecule has 1 aromatic heterocycles. The van der Waals surface area contributed by atoms with Crippen molar-refractivity contribution >= 4 is 28.9 Å². The van der Waals surface area contributed by atoms with E-state index in [1.165, 1.54) is 12.8 Å². The Morgan fingerprint density at radius 1 is 0.933 bits per heavy atom. The average molecular weight is 434 g/mol. The summed E-state index contributed by atoms with van der Waals surface area (Å²) in [5.41, 5.74) is 3.76. The molecule has 0 radical (unpaired) electrons. The van der Waals surface area contributed by atoms with Gasteiger partial charge in [0, 0.05) is 5.69 Å². The van der Waals surface area contributed by atoms with Gasteiger partial charge in [-0.1, -0.05) is 55.4 Å². The Kier molecular flexibility index (Phi) is 8.58. The summed E-state index contributed by atoms with van der Waals surface area (Å²) in [4.78, 5) is 6.31. The molecule has 2 rings (SSSR count). The summed E-state index contributed by atoms with van der Waals surface area (Å²) in [6.07, 6.45) is 5.00. The van der Waals surface area contributed by atoms with Gasteiger partial charge in [0.25, 0.3) is 0 Å². The molecule has 0 aliphatic carbocycles. The number of hydrogen-bond donors (Lipinski definition) is 3. The number of nitrogens with one attached hydrogen (secondary N) is 3. The molecule has 3 atom stereocenters. The van der Waals surface area contributed by atoms with Crippen LogP contribution >= 0.6 is 12.2 Å². The van der Waals surface area contributed by atoms with Gasteiger partial charge in [0.05, 0.1) is 17.1 Å². The van der Waals surface area contributed by atoms with Crippen LogP contribution in [0, 0.1) is 27.4 Å². The molecule has 30 heavy (non-hydrogen) atoms. The normalized spacial score (nSPS) is 15.9. The highest BCUT2D eigenvalue weighted by molar-refractivity contribution is 7.71. The summed E-state index contributed by atoms with van der Waals surface area (Å²) in [6.45, 7) is 19.2. The first kappa shape index (κ1) is 24.9. The zero-order valence-corrected chi connectivity index (χ0v) is 21.1. The Morgan fingerprint density at radius 2 is 1.57 bits per heavy atom. The molecule has 1 heterocycles. The summed E-state index contributed by atoms with van der Waals surface area (Å²) in [5, 5.41) is 3.43. The van der Waals surface area contributed by atoms with E-state index in [2.05, 4.69) is 82.8 Å². The molecule has 2 aromatic rings. The molecule has 0 fully saturated rings. The van der Waals surface area contributed by atoms with Crippen molar-refractivity contribution in [2.24, 2.45) is 22.7 Å². The van der Waals surface area contributed by atoms with Crippen LogP contribution in [0.4, 0.5) is 5.69 Å². The summed E-state index contributed by atoms with van der Waals surface area (Å²) in [7, 11) is 0. The van der Waals surface area contributed by atoms with Gasteiger partial charge in [-0.2, -0.15) is 0 Å². The van der Waals surface area contributed by atoms with E-state index in [9.17, 15) is 0 Å². The van der Waals surface area contributed by atoms with Gasteiger partial charge in [-0.15, -0.1) is 0 Å². The van der Waals surface area contributed by atoms with Crippen LogP contribution in [-0.2, 0) is 4.74 Å². The lowest BCUT2D eigenvalue weighted by molar-refractivity contribution is 0.00559. The maximum atomic E-state index is 6.40. The quantitative estimate of drug-likeness (QED) is 0.263. The van der Waals surface area contributed by atoms with Gasteiger partial charge in [-0.25, -0.2) is 0 Å². The Morgan fingerprint density at radius 3 is 2.20 bits per heavy atom. The number of fused-ring (bicyclic) bond motifs is 1. The molecule has 0 aliphatic heterocycles. The molecular formula is C25H43N3OS. The number of aromatic amines is 2. The SMILES string of the molecule is CC(CCC(OCNc1ccc2[nH]c(=S)[nH]c2c1)C(C)CC(C)(C)C)CC(C)(C)C. The Labute approximate surface area is 188 Å². The van der Waals surface area contributed by atoms with Crippen LogP contribution in [0.1, 0.15) is 81.1 Å². The number of benzene rings is 1. The minimum Gasteiger partial charge on any atom is -0.363 e. The lowest BCUT2D eigenvalue weighted by Crippen LogP contribution is -2.28. The highest BCUT2D eigenvalue weighted by Gasteiger charge is 2.25. The predicted octanol–water partition coefficient (Wildman–Crippen LogP) is 7.90. The monoisotopic (exact) mass is 433 g/mol. The standard InChI is InChI=1S/C25H43N3OS/c1-17(14-24(3,4)5)9-12-22(18(2)15-25(6,7)8)29-16-26-19-10-11-20-21(13-19)28-23(30)27-20/h10-11,13,17-18,22,26H,9,12,14-16H2,1-8H3,(H2,27,28,30). The predicted molar refractivity (Wildman–Crippen MR) is 133 cm³/mol. The van der Waals surface area contributed by atoms with E-state index in [1.807, 2.05) is 6.07 Å². The fraction of sp³-hybridized carbons (Fsp3) is 0.720. The van der Waals surface area contributed by atoms with Crippen LogP contribution in [0.15, 0.2) is 18.2 Å². The molecule has 1 aromatic carbocycles. The molecule has 170 valence electrons. The fourth-order valence-corrected chi connectivity index (χ4v) is 4.82. The van der Waals surface area contributed by atoms with Crippen LogP contribution in [0.2, 0.25) is 0 Å². The van der Waals surface area contributed by atoms with Gasteiger partial charge in [-0.3, -0.25) is 0 Å². The van der Waals surface area contributed by atoms with Crippen molar-refractivity contribution in [3.63, 3.8) is 0 Å². The van der Waals surface area contributed by atoms with Crippen molar-refractivity contribution in [3.8, 4) is 0 Å². The summed E-state index contributed by atoms with van der Waals surface area (Å²) in [6, 6.07) is 6.17. The molecule has 0 amide bonds. The van der Waals surface area contributed by atoms with Crippen molar-refractivity contribution < 1.29 is 4.74 Å². The Balaban J connectivity index is 1.95. The first-order chi connectivity index (χ1) is 13.8. The number of H-pyrrole nitrogens is 2. The van der Waals surface area contributed by atoms with Gasteiger partial charge in [0.15, 0.2) is 4.77 Å². The van der Waals surface area contributed by atoms with E-state index in [1.54, 1.807) is 0 Å². The van der Waals surface area contributed by atoms with Crippen LogP contribution < -0.4 is 5.32 Å². The number of aromatic nitrogens is 2. The third kappa shape index (κ3) is 8.81. The maximum absolute atomic E-state index is 6.40. The van der Waals surface area contributed by atoms with E-state index in [0.717, 1.165) is 29.6 Å². The molecule has 0 saturated carbocycles. The second-order valence-corrected chi connectivity index (χ2v) is 12.0. The fourth-order valence-electron chi connectivity index (χ4n) is 4.60. The van der Waals surface area contributed by atoms with Crippen LogP contribution in [0.5, 0.6) is 0 Å². The molecule has 0 aliphatic rings. The van der Waals surface area contributed by atoms with Gasteiger partial charge in [0.1, 0.15) is 6.73 Å². The molecular weight excluding hydrogens is 390 g/mol. The average Bonchev–Trinajstić information content (AvgIpc) is 2.93. The Hall–Kier alpha value is -1.33. The molecule has 5 heteroatoms. The summed E-state index contributed by atoms with van der Waals surface area (Å²) >= 11 is 5.18. The van der Waals surface area contributed by atoms with Gasteiger partial charge < -0.3 is 20.0 Å². The van der Waals surface area contributed by atoms with Crippen molar-refractivity contribution in [1.82, 2.24) is 9.97 Å². The molecule has 0 spiro atoms.